The van der Waals surface area contributed by atoms with E-state index in [9.17, 15) is 19.0 Å². The Balaban J connectivity index is 3.87. The highest BCUT2D eigenvalue weighted by Gasteiger charge is 2.26. The topological polar surface area (TPSA) is 134 Å². The molecule has 0 aromatic rings. The van der Waals surface area contributed by atoms with Gasteiger partial charge in [-0.05, 0) is 116 Å². The maximum Gasteiger partial charge on any atom is 0.472 e. The van der Waals surface area contributed by atoms with Gasteiger partial charge in [0.25, 0.3) is 0 Å². The molecule has 0 aromatic heterocycles. The smallest absolute Gasteiger partial charge is 0.462 e. The van der Waals surface area contributed by atoms with Gasteiger partial charge in [-0.25, -0.2) is 4.57 Å². The van der Waals surface area contributed by atoms with Gasteiger partial charge in [0.1, 0.15) is 6.61 Å². The van der Waals surface area contributed by atoms with Gasteiger partial charge in [-0.3, -0.25) is 18.6 Å². The Morgan fingerprint density at radius 3 is 0.874 bits per heavy atom. The second-order valence-electron chi connectivity index (χ2n) is 26.2. The molecule has 2 unspecified atom stereocenters. The summed E-state index contributed by atoms with van der Waals surface area (Å²) in [6.45, 7) is 3.66. The minimum Gasteiger partial charge on any atom is -0.462 e. The van der Waals surface area contributed by atoms with Crippen molar-refractivity contribution in [2.75, 3.05) is 26.4 Å². The quantitative estimate of drug-likeness (QED) is 0.0264. The Morgan fingerprint density at radius 1 is 0.326 bits per heavy atom. The largest absolute Gasteiger partial charge is 0.472 e. The molecule has 0 rings (SSSR count). The molecule has 10 heteroatoms. The van der Waals surface area contributed by atoms with Crippen molar-refractivity contribution in [3.63, 3.8) is 0 Å². The van der Waals surface area contributed by atoms with Crippen LogP contribution in [0.5, 0.6) is 0 Å². The van der Waals surface area contributed by atoms with Gasteiger partial charge in [-0.1, -0.05) is 366 Å². The standard InChI is InChI=1S/C85H148NO8P/c1-3-5-7-9-11-13-15-17-19-21-23-25-27-29-31-33-35-37-38-39-40-41-42-43-44-46-48-50-52-54-56-58-60-62-64-66-68-70-72-74-76-78-85(88)94-83(82-93-95(89,90)92-80-79-86)81-91-84(87)77-75-73-71-69-67-65-63-61-59-57-55-53-51-49-47-45-36-34-32-30-28-26-24-22-20-18-16-14-12-10-8-6-4-2/h5,7,11,13,17,19,22-25,29,31,35,37,39-40,42-43,46,48,52,54,83H,3-4,6,8-10,12,14-16,18,20-21,26-28,30,32-34,36,38,41,44-45,47,49-51,53,55-82,86H2,1-2H3,(H,89,90)/b7-5-,13-11-,19-17-,24-22-,25-23-,31-29-,37-35-,40-39-,43-42-,48-46-,54-52-. The maximum absolute atomic E-state index is 12.8. The fourth-order valence-corrected chi connectivity index (χ4v) is 12.0. The van der Waals surface area contributed by atoms with Gasteiger partial charge in [-0.2, -0.15) is 0 Å². The van der Waals surface area contributed by atoms with Crippen LogP contribution >= 0.6 is 7.82 Å². The number of rotatable bonds is 74. The Labute approximate surface area is 586 Å². The van der Waals surface area contributed by atoms with Gasteiger partial charge < -0.3 is 20.1 Å². The van der Waals surface area contributed by atoms with Crippen LogP contribution in [0.15, 0.2) is 134 Å². The first-order valence-corrected chi connectivity index (χ1v) is 41.2. The molecule has 0 aromatic carbocycles. The summed E-state index contributed by atoms with van der Waals surface area (Å²) in [4.78, 5) is 35.5. The first-order chi connectivity index (χ1) is 46.8. The van der Waals surface area contributed by atoms with Crippen molar-refractivity contribution in [2.45, 2.75) is 367 Å². The van der Waals surface area contributed by atoms with Crippen LogP contribution in [-0.2, 0) is 32.7 Å². The molecule has 0 aliphatic rings. The van der Waals surface area contributed by atoms with E-state index in [-0.39, 0.29) is 38.6 Å². The van der Waals surface area contributed by atoms with Crippen LogP contribution in [-0.4, -0.2) is 49.3 Å². The summed E-state index contributed by atoms with van der Waals surface area (Å²) in [6.07, 6.45) is 113. The summed E-state index contributed by atoms with van der Waals surface area (Å²) in [5.41, 5.74) is 5.41. The molecule has 0 heterocycles. The van der Waals surface area contributed by atoms with E-state index in [1.54, 1.807) is 0 Å². The number of phosphoric acid groups is 1. The third kappa shape index (κ3) is 79.0. The molecule has 3 N–H and O–H groups in total. The second kappa shape index (κ2) is 79.1. The lowest BCUT2D eigenvalue weighted by Gasteiger charge is -2.19. The fourth-order valence-electron chi connectivity index (χ4n) is 11.2. The molecule has 2 atom stereocenters. The number of ether oxygens (including phenoxy) is 2. The van der Waals surface area contributed by atoms with Gasteiger partial charge in [-0.15, -0.1) is 0 Å². The van der Waals surface area contributed by atoms with E-state index in [0.29, 0.717) is 6.42 Å². The van der Waals surface area contributed by atoms with Crippen molar-refractivity contribution in [1.82, 2.24) is 0 Å². The zero-order valence-electron chi connectivity index (χ0n) is 61.6. The zero-order valence-corrected chi connectivity index (χ0v) is 62.5. The molecule has 0 fully saturated rings. The number of allylic oxidation sites excluding steroid dienone is 22. The third-order valence-corrected chi connectivity index (χ3v) is 18.0. The second-order valence-corrected chi connectivity index (χ2v) is 27.7. The van der Waals surface area contributed by atoms with Crippen LogP contribution in [0.2, 0.25) is 0 Å². The van der Waals surface area contributed by atoms with Crippen molar-refractivity contribution >= 4 is 19.8 Å². The Hall–Kier alpha value is -3.85. The maximum atomic E-state index is 12.8. The number of hydrogen-bond donors (Lipinski definition) is 2. The van der Waals surface area contributed by atoms with E-state index in [1.807, 2.05) is 0 Å². The molecule has 0 saturated heterocycles. The minimum atomic E-state index is -4.40. The number of unbranched alkanes of at least 4 members (excludes halogenated alkanes) is 39. The highest BCUT2D eigenvalue weighted by molar-refractivity contribution is 7.47. The van der Waals surface area contributed by atoms with Crippen LogP contribution < -0.4 is 5.73 Å². The number of carbonyl (C=O) groups excluding carboxylic acids is 2. The summed E-state index contributed by atoms with van der Waals surface area (Å²) >= 11 is 0. The SMILES string of the molecule is CC/C=C\C/C=C\C/C=C\C/C=C\C/C=C\C/C=C\C/C=C\C/C=C\C/C=C\C/C=C\CCCCCCCCCCCCC(=O)OC(COC(=O)CCCCCCCCCCCCCCCCCCCCCCC/C=C\CCCCCCCCCC)COP(=O)(O)OCCN. The van der Waals surface area contributed by atoms with E-state index in [0.717, 1.165) is 109 Å². The lowest BCUT2D eigenvalue weighted by Crippen LogP contribution is -2.29. The molecule has 9 nitrogen and oxygen atoms in total. The van der Waals surface area contributed by atoms with Crippen molar-refractivity contribution in [2.24, 2.45) is 5.73 Å². The average Bonchev–Trinajstić information content (AvgIpc) is 2.75. The molecule has 546 valence electrons. The Bertz CT molecular complexity index is 2030. The van der Waals surface area contributed by atoms with Gasteiger partial charge in [0.2, 0.25) is 0 Å². The average molecular weight is 1340 g/mol. The van der Waals surface area contributed by atoms with E-state index in [4.69, 9.17) is 24.3 Å². The molecule has 0 amide bonds. The molecular weight excluding hydrogens is 1190 g/mol. The van der Waals surface area contributed by atoms with Crippen LogP contribution in [0.3, 0.4) is 0 Å². The number of nitrogens with two attached hydrogens (primary N) is 1. The van der Waals surface area contributed by atoms with Gasteiger partial charge in [0.15, 0.2) is 6.10 Å². The zero-order chi connectivity index (χ0) is 68.6. The van der Waals surface area contributed by atoms with Crippen LogP contribution in [0.4, 0.5) is 0 Å². The van der Waals surface area contributed by atoms with Crippen molar-refractivity contribution < 1.29 is 37.6 Å². The predicted molar refractivity (Wildman–Crippen MR) is 413 cm³/mol. The minimum absolute atomic E-state index is 0.0489. The summed E-state index contributed by atoms with van der Waals surface area (Å²) in [5, 5.41) is 0. The lowest BCUT2D eigenvalue weighted by atomic mass is 10.0. The molecule has 95 heavy (non-hydrogen) atoms. The fraction of sp³-hybridized carbons (Fsp3) is 0.718. The van der Waals surface area contributed by atoms with Crippen molar-refractivity contribution in [3.05, 3.63) is 134 Å². The normalized spacial score (nSPS) is 13.6. The summed E-state index contributed by atoms with van der Waals surface area (Å²) < 4.78 is 33.3. The lowest BCUT2D eigenvalue weighted by molar-refractivity contribution is -0.161. The van der Waals surface area contributed by atoms with Gasteiger partial charge >= 0.3 is 19.8 Å². The summed E-state index contributed by atoms with van der Waals surface area (Å²) in [7, 11) is -4.40. The summed E-state index contributed by atoms with van der Waals surface area (Å²) in [5.74, 6) is -0.825. The van der Waals surface area contributed by atoms with Crippen LogP contribution in [0.25, 0.3) is 0 Å². The molecule has 0 saturated carbocycles. The molecule has 0 radical (unpaired) electrons. The number of esters is 2. The first-order valence-electron chi connectivity index (χ1n) is 39.7. The number of carbonyl (C=O) groups is 2. The van der Waals surface area contributed by atoms with E-state index in [2.05, 4.69) is 148 Å². The third-order valence-electron chi connectivity index (χ3n) is 17.0. The summed E-state index contributed by atoms with van der Waals surface area (Å²) in [6, 6.07) is 0. The monoisotopic (exact) mass is 1340 g/mol. The van der Waals surface area contributed by atoms with Crippen molar-refractivity contribution in [1.29, 1.82) is 0 Å². The molecule has 0 aliphatic carbocycles. The highest BCUT2D eigenvalue weighted by Crippen LogP contribution is 2.43. The van der Waals surface area contributed by atoms with E-state index in [1.165, 1.54) is 218 Å². The van der Waals surface area contributed by atoms with Crippen LogP contribution in [0, 0.1) is 0 Å². The predicted octanol–water partition coefficient (Wildman–Crippen LogP) is 26.8. The highest BCUT2D eigenvalue weighted by atomic mass is 31.2. The molecular formula is C85H148NO8P. The molecule has 0 spiro atoms. The molecule has 0 aliphatic heterocycles. The Kier molecular flexibility index (Phi) is 75.9. The Morgan fingerprint density at radius 2 is 0.579 bits per heavy atom. The number of phosphoric ester groups is 1. The molecule has 0 bridgehead atoms. The van der Waals surface area contributed by atoms with E-state index >= 15 is 0 Å². The van der Waals surface area contributed by atoms with Crippen molar-refractivity contribution in [3.8, 4) is 0 Å². The van der Waals surface area contributed by atoms with E-state index < -0.39 is 26.5 Å². The number of hydrogen-bond acceptors (Lipinski definition) is 8. The first kappa shape index (κ1) is 91.2. The van der Waals surface area contributed by atoms with Gasteiger partial charge in [0, 0.05) is 19.4 Å². The van der Waals surface area contributed by atoms with Gasteiger partial charge in [0.05, 0.1) is 13.2 Å². The van der Waals surface area contributed by atoms with Crippen LogP contribution in [0.1, 0.15) is 361 Å².